The lowest BCUT2D eigenvalue weighted by molar-refractivity contribution is 0.246. The van der Waals surface area contributed by atoms with Crippen LogP contribution in [-0.4, -0.2) is 23.6 Å². The molecular formula is C20H22N4. The van der Waals surface area contributed by atoms with E-state index in [9.17, 15) is 10.5 Å². The Morgan fingerprint density at radius 3 is 2.50 bits per heavy atom. The summed E-state index contributed by atoms with van der Waals surface area (Å²) in [6.07, 6.45) is 0.376. The molecule has 24 heavy (non-hydrogen) atoms. The van der Waals surface area contributed by atoms with Gasteiger partial charge in [-0.1, -0.05) is 24.3 Å². The number of aromatic nitrogens is 1. The van der Waals surface area contributed by atoms with Crippen molar-refractivity contribution in [3.63, 3.8) is 0 Å². The van der Waals surface area contributed by atoms with Crippen molar-refractivity contribution in [2.45, 2.75) is 25.3 Å². The quantitative estimate of drug-likeness (QED) is 0.866. The van der Waals surface area contributed by atoms with Crippen LogP contribution in [0.15, 0.2) is 30.3 Å². The summed E-state index contributed by atoms with van der Waals surface area (Å²) in [7, 11) is 6.07. The highest BCUT2D eigenvalue weighted by Crippen LogP contribution is 2.50. The van der Waals surface area contributed by atoms with Crippen LogP contribution in [0.4, 0.5) is 0 Å². The van der Waals surface area contributed by atoms with Gasteiger partial charge in [-0.2, -0.15) is 10.5 Å². The summed E-state index contributed by atoms with van der Waals surface area (Å²) in [5, 5.41) is 19.0. The van der Waals surface area contributed by atoms with Gasteiger partial charge in [-0.15, -0.1) is 0 Å². The van der Waals surface area contributed by atoms with E-state index in [0.717, 1.165) is 11.4 Å². The van der Waals surface area contributed by atoms with Gasteiger partial charge in [0.15, 0.2) is 0 Å². The summed E-state index contributed by atoms with van der Waals surface area (Å²) in [5.41, 5.74) is 5.92. The van der Waals surface area contributed by atoms with Crippen LogP contribution in [0.5, 0.6) is 0 Å². The lowest BCUT2D eigenvalue weighted by Gasteiger charge is -2.25. The lowest BCUT2D eigenvalue weighted by atomic mass is 9.90. The summed E-state index contributed by atoms with van der Waals surface area (Å²) in [4.78, 5) is 2.10. The summed E-state index contributed by atoms with van der Waals surface area (Å²) < 4.78 is 2.19. The smallest absolute Gasteiger partial charge is 0.0753 e. The SMILES string of the molecule is Cc1ccccc1-c1cc2c(n1C)C(CC#N)C(C#N)C2N(C)C. The Morgan fingerprint density at radius 2 is 1.92 bits per heavy atom. The largest absolute Gasteiger partial charge is 0.347 e. The molecule has 1 aromatic carbocycles. The van der Waals surface area contributed by atoms with E-state index in [2.05, 4.69) is 59.8 Å². The molecule has 0 aliphatic heterocycles. The fourth-order valence-corrected chi connectivity index (χ4v) is 4.13. The van der Waals surface area contributed by atoms with Gasteiger partial charge in [-0.25, -0.2) is 0 Å². The second kappa shape index (κ2) is 6.15. The van der Waals surface area contributed by atoms with Gasteiger partial charge in [-0.05, 0) is 38.2 Å². The molecule has 0 bridgehead atoms. The van der Waals surface area contributed by atoms with Gasteiger partial charge in [0.25, 0.3) is 0 Å². The van der Waals surface area contributed by atoms with Crippen LogP contribution in [0.3, 0.4) is 0 Å². The summed E-state index contributed by atoms with van der Waals surface area (Å²) in [5.74, 6) is -0.216. The van der Waals surface area contributed by atoms with E-state index >= 15 is 0 Å². The maximum atomic E-state index is 9.70. The third-order valence-corrected chi connectivity index (χ3v) is 5.19. The number of aryl methyl sites for hydroxylation is 1. The zero-order valence-electron chi connectivity index (χ0n) is 14.6. The van der Waals surface area contributed by atoms with Crippen molar-refractivity contribution in [2.24, 2.45) is 13.0 Å². The molecule has 1 aliphatic carbocycles. The van der Waals surface area contributed by atoms with Gasteiger partial charge in [0, 0.05) is 36.3 Å². The zero-order valence-corrected chi connectivity index (χ0v) is 14.6. The maximum absolute atomic E-state index is 9.70. The van der Waals surface area contributed by atoms with E-state index < -0.39 is 0 Å². The Labute approximate surface area is 143 Å². The molecule has 0 amide bonds. The van der Waals surface area contributed by atoms with E-state index in [1.54, 1.807) is 0 Å². The van der Waals surface area contributed by atoms with Gasteiger partial charge in [0.2, 0.25) is 0 Å². The van der Waals surface area contributed by atoms with Crippen LogP contribution in [0.25, 0.3) is 11.3 Å². The monoisotopic (exact) mass is 318 g/mol. The Morgan fingerprint density at radius 1 is 1.21 bits per heavy atom. The summed E-state index contributed by atoms with van der Waals surface area (Å²) >= 11 is 0. The highest BCUT2D eigenvalue weighted by Gasteiger charge is 2.44. The predicted molar refractivity (Wildman–Crippen MR) is 94.1 cm³/mol. The molecule has 2 aromatic rings. The van der Waals surface area contributed by atoms with Crippen molar-refractivity contribution in [2.75, 3.05) is 14.1 Å². The van der Waals surface area contributed by atoms with Crippen LogP contribution in [0.1, 0.15) is 35.2 Å². The Hall–Kier alpha value is -2.56. The number of fused-ring (bicyclic) bond motifs is 1. The minimum Gasteiger partial charge on any atom is -0.347 e. The van der Waals surface area contributed by atoms with Gasteiger partial charge < -0.3 is 9.47 Å². The first-order valence-corrected chi connectivity index (χ1v) is 8.19. The molecule has 1 aliphatic rings. The van der Waals surface area contributed by atoms with Crippen molar-refractivity contribution < 1.29 is 0 Å². The number of rotatable bonds is 3. The molecule has 4 heteroatoms. The molecule has 3 rings (SSSR count). The molecule has 1 heterocycles. The van der Waals surface area contributed by atoms with Crippen molar-refractivity contribution in [1.29, 1.82) is 10.5 Å². The van der Waals surface area contributed by atoms with Crippen LogP contribution in [-0.2, 0) is 7.05 Å². The van der Waals surface area contributed by atoms with Crippen molar-refractivity contribution >= 4 is 0 Å². The molecule has 0 radical (unpaired) electrons. The molecule has 0 saturated heterocycles. The van der Waals surface area contributed by atoms with Crippen molar-refractivity contribution in [1.82, 2.24) is 9.47 Å². The molecule has 1 aromatic heterocycles. The number of hydrogen-bond donors (Lipinski definition) is 0. The van der Waals surface area contributed by atoms with Crippen LogP contribution in [0, 0.1) is 35.5 Å². The topological polar surface area (TPSA) is 55.8 Å². The molecule has 3 atom stereocenters. The summed E-state index contributed by atoms with van der Waals surface area (Å²) in [6, 6.07) is 15.3. The van der Waals surface area contributed by atoms with E-state index in [4.69, 9.17) is 0 Å². The van der Waals surface area contributed by atoms with Gasteiger partial charge in [-0.3, -0.25) is 0 Å². The molecule has 0 saturated carbocycles. The minimum atomic E-state index is -0.179. The molecular weight excluding hydrogens is 296 g/mol. The highest BCUT2D eigenvalue weighted by molar-refractivity contribution is 5.67. The van der Waals surface area contributed by atoms with E-state index in [1.807, 2.05) is 20.2 Å². The first-order valence-electron chi connectivity index (χ1n) is 8.19. The van der Waals surface area contributed by atoms with E-state index in [-0.39, 0.29) is 17.9 Å². The second-order valence-corrected chi connectivity index (χ2v) is 6.78. The molecule has 0 fully saturated rings. The van der Waals surface area contributed by atoms with Gasteiger partial charge >= 0.3 is 0 Å². The molecule has 122 valence electrons. The zero-order chi connectivity index (χ0) is 17.4. The average molecular weight is 318 g/mol. The van der Waals surface area contributed by atoms with E-state index in [1.165, 1.54) is 16.7 Å². The van der Waals surface area contributed by atoms with Gasteiger partial charge in [0.1, 0.15) is 0 Å². The fourth-order valence-electron chi connectivity index (χ4n) is 4.13. The Balaban J connectivity index is 2.21. The van der Waals surface area contributed by atoms with E-state index in [0.29, 0.717) is 6.42 Å². The number of hydrogen-bond acceptors (Lipinski definition) is 3. The first kappa shape index (κ1) is 16.3. The third-order valence-electron chi connectivity index (χ3n) is 5.19. The van der Waals surface area contributed by atoms with Crippen molar-refractivity contribution in [3.05, 3.63) is 47.2 Å². The Bertz CT molecular complexity index is 847. The lowest BCUT2D eigenvalue weighted by Crippen LogP contribution is -2.25. The van der Waals surface area contributed by atoms with Crippen LogP contribution < -0.4 is 0 Å². The molecule has 0 N–H and O–H groups in total. The average Bonchev–Trinajstić information content (AvgIpc) is 3.03. The summed E-state index contributed by atoms with van der Waals surface area (Å²) in [6.45, 7) is 2.11. The Kier molecular flexibility index (Phi) is 4.18. The molecule has 3 unspecified atom stereocenters. The minimum absolute atomic E-state index is 0.0346. The van der Waals surface area contributed by atoms with Crippen molar-refractivity contribution in [3.8, 4) is 23.4 Å². The third kappa shape index (κ3) is 2.31. The number of nitriles is 2. The normalized spacial score (nSPS) is 22.2. The second-order valence-electron chi connectivity index (χ2n) is 6.78. The first-order chi connectivity index (χ1) is 11.5. The highest BCUT2D eigenvalue weighted by atomic mass is 15.1. The molecule has 4 nitrogen and oxygen atoms in total. The van der Waals surface area contributed by atoms with Crippen LogP contribution >= 0.6 is 0 Å². The number of nitrogens with zero attached hydrogens (tertiary/aromatic N) is 4. The predicted octanol–water partition coefficient (Wildman–Crippen LogP) is 3.75. The maximum Gasteiger partial charge on any atom is 0.0753 e. The van der Waals surface area contributed by atoms with Crippen LogP contribution in [0.2, 0.25) is 0 Å². The standard InChI is InChI=1S/C20H22N4/c1-13-7-5-6-8-14(13)18-11-16-19(23(2)3)17(12-22)15(9-10-21)20(16)24(18)4/h5-8,11,15,17,19H,9H2,1-4H3. The fraction of sp³-hybridized carbons (Fsp3) is 0.400. The van der Waals surface area contributed by atoms with Gasteiger partial charge in [0.05, 0.1) is 24.1 Å². The number of benzene rings is 1. The molecule has 0 spiro atoms.